The zero-order valence-electron chi connectivity index (χ0n) is 13.4. The van der Waals surface area contributed by atoms with E-state index in [1.807, 2.05) is 32.0 Å². The summed E-state index contributed by atoms with van der Waals surface area (Å²) < 4.78 is 15.1. The molecule has 0 bridgehead atoms. The Bertz CT molecular complexity index is 758. The fourth-order valence-electron chi connectivity index (χ4n) is 2.27. The van der Waals surface area contributed by atoms with E-state index in [2.05, 4.69) is 5.32 Å². The van der Waals surface area contributed by atoms with Gasteiger partial charge >= 0.3 is 0 Å². The molecule has 0 saturated carbocycles. The van der Waals surface area contributed by atoms with Crippen molar-refractivity contribution in [3.63, 3.8) is 0 Å². The predicted molar refractivity (Wildman–Crippen MR) is 86.1 cm³/mol. The van der Waals surface area contributed by atoms with Gasteiger partial charge in [0.2, 0.25) is 0 Å². The molecule has 0 aliphatic carbocycles. The fourth-order valence-corrected chi connectivity index (χ4v) is 2.27. The first kappa shape index (κ1) is 16.7. The number of carbonyl (C=O) groups is 1. The number of amides is 1. The van der Waals surface area contributed by atoms with E-state index in [9.17, 15) is 14.4 Å². The lowest BCUT2D eigenvalue weighted by Gasteiger charge is -2.14. The van der Waals surface area contributed by atoms with Crippen LogP contribution >= 0.6 is 0 Å². The molecule has 1 amide bonds. The first-order valence-electron chi connectivity index (χ1n) is 7.25. The van der Waals surface area contributed by atoms with Gasteiger partial charge in [0, 0.05) is 19.3 Å². The molecule has 0 spiro atoms. The molecule has 23 heavy (non-hydrogen) atoms. The lowest BCUT2D eigenvalue weighted by molar-refractivity contribution is 0.0944. The fraction of sp³-hybridized carbons (Fsp3) is 0.294. The Hall–Kier alpha value is -2.65. The number of nitrogens with zero attached hydrogens (tertiary/aromatic N) is 3. The van der Waals surface area contributed by atoms with Gasteiger partial charge in [-0.15, -0.1) is 0 Å². The van der Waals surface area contributed by atoms with Gasteiger partial charge in [0.25, 0.3) is 5.91 Å². The van der Waals surface area contributed by atoms with Crippen LogP contribution in [0.15, 0.2) is 30.5 Å². The second-order valence-electron chi connectivity index (χ2n) is 5.55. The second-order valence-corrected chi connectivity index (χ2v) is 5.55. The molecule has 0 fully saturated rings. The number of likely N-dealkylation sites (N-methyl/N-ethyl adjacent to an activating group) is 1. The molecule has 0 atom stereocenters. The molecular formula is C17H19FN4O. The normalized spacial score (nSPS) is 10.6. The molecule has 1 aromatic heterocycles. The maximum absolute atomic E-state index is 13.6. The van der Waals surface area contributed by atoms with Gasteiger partial charge in [-0.3, -0.25) is 4.79 Å². The summed E-state index contributed by atoms with van der Waals surface area (Å²) in [6.07, 6.45) is 1.61. The summed E-state index contributed by atoms with van der Waals surface area (Å²) in [4.78, 5) is 14.4. The predicted octanol–water partition coefficient (Wildman–Crippen LogP) is 2.09. The minimum absolute atomic E-state index is 0.222. The van der Waals surface area contributed by atoms with Gasteiger partial charge in [-0.25, -0.2) is 4.39 Å². The van der Waals surface area contributed by atoms with Gasteiger partial charge in [-0.05, 0) is 44.8 Å². The summed E-state index contributed by atoms with van der Waals surface area (Å²) in [6.45, 7) is 2.98. The Morgan fingerprint density at radius 3 is 2.78 bits per heavy atom. The summed E-state index contributed by atoms with van der Waals surface area (Å²) in [7, 11) is 3.82. The lowest BCUT2D eigenvalue weighted by Crippen LogP contribution is -2.32. The van der Waals surface area contributed by atoms with Crippen molar-refractivity contribution in [2.24, 2.45) is 0 Å². The van der Waals surface area contributed by atoms with Gasteiger partial charge in [0.1, 0.15) is 17.6 Å². The van der Waals surface area contributed by atoms with Crippen molar-refractivity contribution in [3.8, 4) is 11.8 Å². The summed E-state index contributed by atoms with van der Waals surface area (Å²) in [5.74, 6) is -0.742. The van der Waals surface area contributed by atoms with E-state index in [-0.39, 0.29) is 17.2 Å². The van der Waals surface area contributed by atoms with Crippen LogP contribution in [0.2, 0.25) is 0 Å². The summed E-state index contributed by atoms with van der Waals surface area (Å²) >= 11 is 0. The average Bonchev–Trinajstić information content (AvgIpc) is 2.93. The Kier molecular flexibility index (Phi) is 5.14. The number of rotatable bonds is 5. The van der Waals surface area contributed by atoms with Crippen molar-refractivity contribution < 1.29 is 9.18 Å². The Labute approximate surface area is 134 Å². The molecule has 0 saturated heterocycles. The summed E-state index contributed by atoms with van der Waals surface area (Å²) in [5, 5.41) is 12.0. The molecule has 0 unspecified atom stereocenters. The number of carbonyl (C=O) groups excluding carboxylic acids is 1. The van der Waals surface area contributed by atoms with Crippen molar-refractivity contribution in [2.75, 3.05) is 27.2 Å². The van der Waals surface area contributed by atoms with E-state index < -0.39 is 5.82 Å². The third-order valence-electron chi connectivity index (χ3n) is 3.50. The highest BCUT2D eigenvalue weighted by Gasteiger charge is 2.19. The maximum Gasteiger partial charge on any atom is 0.269 e. The Morgan fingerprint density at radius 2 is 2.13 bits per heavy atom. The first-order valence-corrected chi connectivity index (χ1v) is 7.25. The first-order chi connectivity index (χ1) is 10.9. The van der Waals surface area contributed by atoms with Crippen LogP contribution < -0.4 is 5.32 Å². The van der Waals surface area contributed by atoms with Gasteiger partial charge in [0.05, 0.1) is 11.3 Å². The van der Waals surface area contributed by atoms with Crippen LogP contribution in [0.1, 0.15) is 21.6 Å². The van der Waals surface area contributed by atoms with E-state index in [0.29, 0.717) is 18.8 Å². The van der Waals surface area contributed by atoms with E-state index in [0.717, 1.165) is 5.56 Å². The number of aromatic nitrogens is 1. The number of halogens is 1. The zero-order valence-corrected chi connectivity index (χ0v) is 13.4. The van der Waals surface area contributed by atoms with Crippen molar-refractivity contribution >= 4 is 5.91 Å². The van der Waals surface area contributed by atoms with E-state index in [1.165, 1.54) is 12.1 Å². The smallest absolute Gasteiger partial charge is 0.269 e. The standard InChI is InChI=1S/C17H19FN4O/c1-12-4-5-14(18)10-15(12)22-8-6-13(11-19)16(22)17(23)20-7-9-21(2)3/h4-6,8,10H,7,9H2,1-3H3,(H,20,23). The topological polar surface area (TPSA) is 61.1 Å². The van der Waals surface area contributed by atoms with E-state index >= 15 is 0 Å². The Morgan fingerprint density at radius 1 is 1.39 bits per heavy atom. The van der Waals surface area contributed by atoms with Gasteiger partial charge in [-0.2, -0.15) is 5.26 Å². The van der Waals surface area contributed by atoms with Crippen LogP contribution in [0.5, 0.6) is 0 Å². The monoisotopic (exact) mass is 314 g/mol. The molecule has 1 N–H and O–H groups in total. The third-order valence-corrected chi connectivity index (χ3v) is 3.50. The highest BCUT2D eigenvalue weighted by molar-refractivity contribution is 5.96. The minimum Gasteiger partial charge on any atom is -0.349 e. The van der Waals surface area contributed by atoms with Crippen LogP contribution in [0.4, 0.5) is 4.39 Å². The molecule has 5 nitrogen and oxygen atoms in total. The molecule has 1 heterocycles. The molecule has 120 valence electrons. The largest absolute Gasteiger partial charge is 0.349 e. The lowest BCUT2D eigenvalue weighted by atomic mass is 10.2. The van der Waals surface area contributed by atoms with Crippen LogP contribution in [0.3, 0.4) is 0 Å². The zero-order chi connectivity index (χ0) is 17.0. The van der Waals surface area contributed by atoms with E-state index in [4.69, 9.17) is 0 Å². The summed E-state index contributed by atoms with van der Waals surface area (Å²) in [5.41, 5.74) is 1.84. The quantitative estimate of drug-likeness (QED) is 0.919. The molecule has 6 heteroatoms. The number of nitriles is 1. The van der Waals surface area contributed by atoms with Crippen LogP contribution in [0.25, 0.3) is 5.69 Å². The number of benzene rings is 1. The van der Waals surface area contributed by atoms with Gasteiger partial charge < -0.3 is 14.8 Å². The highest BCUT2D eigenvalue weighted by Crippen LogP contribution is 2.21. The van der Waals surface area contributed by atoms with Crippen LogP contribution in [0, 0.1) is 24.1 Å². The number of nitrogens with one attached hydrogen (secondary N) is 1. The van der Waals surface area contributed by atoms with E-state index in [1.54, 1.807) is 22.9 Å². The Balaban J connectivity index is 2.39. The molecule has 0 aliphatic heterocycles. The molecule has 2 rings (SSSR count). The van der Waals surface area contributed by atoms with Gasteiger partial charge in [0.15, 0.2) is 0 Å². The average molecular weight is 314 g/mol. The SMILES string of the molecule is Cc1ccc(F)cc1-n1ccc(C#N)c1C(=O)NCCN(C)C. The highest BCUT2D eigenvalue weighted by atomic mass is 19.1. The van der Waals surface area contributed by atoms with Crippen molar-refractivity contribution in [3.05, 3.63) is 53.1 Å². The third kappa shape index (κ3) is 3.76. The summed E-state index contributed by atoms with van der Waals surface area (Å²) in [6, 6.07) is 7.94. The molecule has 0 radical (unpaired) electrons. The number of hydrogen-bond acceptors (Lipinski definition) is 3. The molecule has 1 aromatic carbocycles. The minimum atomic E-state index is -0.392. The van der Waals surface area contributed by atoms with Crippen LogP contribution in [-0.2, 0) is 0 Å². The van der Waals surface area contributed by atoms with Crippen molar-refractivity contribution in [2.45, 2.75) is 6.92 Å². The van der Waals surface area contributed by atoms with Crippen molar-refractivity contribution in [1.29, 1.82) is 5.26 Å². The van der Waals surface area contributed by atoms with Crippen molar-refractivity contribution in [1.82, 2.24) is 14.8 Å². The molecule has 0 aliphatic rings. The van der Waals surface area contributed by atoms with Crippen LogP contribution in [-0.4, -0.2) is 42.6 Å². The van der Waals surface area contributed by atoms with Gasteiger partial charge in [-0.1, -0.05) is 6.07 Å². The molecule has 2 aromatic rings. The molecular weight excluding hydrogens is 295 g/mol. The number of aryl methyl sites for hydroxylation is 1. The second kappa shape index (κ2) is 7.07. The maximum atomic E-state index is 13.6. The number of hydrogen-bond donors (Lipinski definition) is 1.